The van der Waals surface area contributed by atoms with Gasteiger partial charge in [0.05, 0.1) is 18.5 Å². The Morgan fingerprint density at radius 2 is 1.90 bits per heavy atom. The van der Waals surface area contributed by atoms with E-state index in [1.54, 1.807) is 4.90 Å². The van der Waals surface area contributed by atoms with Gasteiger partial charge in [-0.05, 0) is 51.3 Å². The van der Waals surface area contributed by atoms with E-state index >= 15 is 0 Å². The van der Waals surface area contributed by atoms with Crippen molar-refractivity contribution in [3.05, 3.63) is 65.7 Å². The Balaban J connectivity index is 1.37. The molecular formula is C30H34FN7O4. The number of nitrogens with zero attached hydrogens (tertiary/aromatic N) is 5. The minimum atomic E-state index is -0.656. The zero-order valence-corrected chi connectivity index (χ0v) is 24.1. The molecule has 12 heteroatoms. The van der Waals surface area contributed by atoms with E-state index in [1.807, 2.05) is 49.7 Å². The lowest BCUT2D eigenvalue weighted by Gasteiger charge is -2.34. The van der Waals surface area contributed by atoms with E-state index in [1.165, 1.54) is 31.6 Å². The number of carbonyl (C=O) groups is 2. The number of ether oxygens (including phenoxy) is 2. The van der Waals surface area contributed by atoms with Crippen molar-refractivity contribution in [2.45, 2.75) is 51.8 Å². The largest absolute Gasteiger partial charge is 0.496 e. The van der Waals surface area contributed by atoms with Crippen LogP contribution in [0.3, 0.4) is 0 Å². The van der Waals surface area contributed by atoms with Gasteiger partial charge in [-0.25, -0.2) is 23.8 Å². The lowest BCUT2D eigenvalue weighted by molar-refractivity contribution is 0.0169. The lowest BCUT2D eigenvalue weighted by atomic mass is 10.1. The Morgan fingerprint density at radius 1 is 1.14 bits per heavy atom. The van der Waals surface area contributed by atoms with E-state index in [9.17, 15) is 14.0 Å². The van der Waals surface area contributed by atoms with Crippen LogP contribution in [0, 0.1) is 5.82 Å². The number of hydrogen-bond acceptors (Lipinski definition) is 8. The molecule has 1 atom stereocenters. The number of aromatic nitrogens is 4. The second kappa shape index (κ2) is 11.6. The highest BCUT2D eigenvalue weighted by Gasteiger charge is 2.31. The van der Waals surface area contributed by atoms with Gasteiger partial charge in [-0.15, -0.1) is 0 Å². The smallest absolute Gasteiger partial charge is 0.410 e. The second-order valence-corrected chi connectivity index (χ2v) is 11.2. The van der Waals surface area contributed by atoms with Gasteiger partial charge in [0.25, 0.3) is 5.91 Å². The fraction of sp³-hybridized carbons (Fsp3) is 0.367. The average molecular weight is 576 g/mol. The molecule has 1 aliphatic rings. The minimum Gasteiger partial charge on any atom is -0.496 e. The standard InChI is InChI=1S/C30H34FN7O4/c1-30(2,3)42-29(40)37-14-6-7-20(16-37)38-27-24(26(32)34-17-35-27)25(36-38)19-12-10-18(11-13-19)15-33-28(39)23-21(31)8-5-9-22(23)41-4/h5,8-13,17,20H,6-7,14-16H2,1-4H3,(H,33,39)(H2,32,34,35)/t20-/m1/s1. The van der Waals surface area contributed by atoms with Gasteiger partial charge in [0.2, 0.25) is 0 Å². The van der Waals surface area contributed by atoms with Gasteiger partial charge in [0, 0.05) is 25.2 Å². The number of nitrogens with one attached hydrogen (secondary N) is 1. The number of halogens is 1. The maximum atomic E-state index is 14.3. The van der Waals surface area contributed by atoms with Crippen molar-refractivity contribution in [3.63, 3.8) is 0 Å². The van der Waals surface area contributed by atoms with Crippen molar-refractivity contribution < 1.29 is 23.5 Å². The summed E-state index contributed by atoms with van der Waals surface area (Å²) in [6.07, 6.45) is 2.66. The molecule has 2 aromatic carbocycles. The quantitative estimate of drug-likeness (QED) is 0.337. The molecule has 1 aliphatic heterocycles. The van der Waals surface area contributed by atoms with Gasteiger partial charge in [-0.2, -0.15) is 5.10 Å². The highest BCUT2D eigenvalue weighted by atomic mass is 19.1. The molecule has 2 aromatic heterocycles. The molecule has 0 aliphatic carbocycles. The normalized spacial score (nSPS) is 15.5. The zero-order chi connectivity index (χ0) is 30.0. The lowest BCUT2D eigenvalue weighted by Crippen LogP contribution is -2.43. The first kappa shape index (κ1) is 28.8. The Bertz CT molecular complexity index is 1610. The van der Waals surface area contributed by atoms with Crippen LogP contribution in [-0.4, -0.2) is 62.4 Å². The molecule has 0 saturated carbocycles. The van der Waals surface area contributed by atoms with E-state index in [4.69, 9.17) is 20.3 Å². The molecule has 4 aromatic rings. The van der Waals surface area contributed by atoms with Crippen LogP contribution < -0.4 is 15.8 Å². The molecule has 3 heterocycles. The number of rotatable bonds is 6. The number of amides is 2. The Labute approximate surface area is 242 Å². The van der Waals surface area contributed by atoms with Gasteiger partial charge in [0.15, 0.2) is 5.65 Å². The minimum absolute atomic E-state index is 0.123. The van der Waals surface area contributed by atoms with E-state index in [0.717, 1.165) is 24.0 Å². The summed E-state index contributed by atoms with van der Waals surface area (Å²) in [5.41, 5.74) is 8.37. The molecule has 220 valence electrons. The topological polar surface area (TPSA) is 137 Å². The summed E-state index contributed by atoms with van der Waals surface area (Å²) in [6.45, 7) is 6.76. The third kappa shape index (κ3) is 5.97. The molecule has 1 fully saturated rings. The van der Waals surface area contributed by atoms with Gasteiger partial charge >= 0.3 is 6.09 Å². The van der Waals surface area contributed by atoms with E-state index in [2.05, 4.69) is 15.3 Å². The highest BCUT2D eigenvalue weighted by molar-refractivity contribution is 5.98. The molecule has 0 bridgehead atoms. The van der Waals surface area contributed by atoms with Crippen LogP contribution in [-0.2, 0) is 11.3 Å². The van der Waals surface area contributed by atoms with Crippen molar-refractivity contribution >= 4 is 28.9 Å². The number of likely N-dealkylation sites (tertiary alicyclic amines) is 1. The van der Waals surface area contributed by atoms with Crippen molar-refractivity contribution in [1.82, 2.24) is 30.0 Å². The predicted octanol–water partition coefficient (Wildman–Crippen LogP) is 4.73. The maximum absolute atomic E-state index is 14.3. The fourth-order valence-electron chi connectivity index (χ4n) is 5.04. The third-order valence-electron chi connectivity index (χ3n) is 7.02. The molecule has 11 nitrogen and oxygen atoms in total. The van der Waals surface area contributed by atoms with E-state index in [0.29, 0.717) is 35.6 Å². The summed E-state index contributed by atoms with van der Waals surface area (Å²) in [6, 6.07) is 11.6. The first-order chi connectivity index (χ1) is 20.1. The Hall–Kier alpha value is -4.74. The van der Waals surface area contributed by atoms with Crippen molar-refractivity contribution in [3.8, 4) is 17.0 Å². The summed E-state index contributed by atoms with van der Waals surface area (Å²) in [5.74, 6) is -0.762. The summed E-state index contributed by atoms with van der Waals surface area (Å²) in [4.78, 5) is 35.8. The van der Waals surface area contributed by atoms with Crippen molar-refractivity contribution in [1.29, 1.82) is 0 Å². The van der Waals surface area contributed by atoms with Crippen LogP contribution in [0.1, 0.15) is 55.6 Å². The van der Waals surface area contributed by atoms with Gasteiger partial charge in [-0.1, -0.05) is 30.3 Å². The van der Waals surface area contributed by atoms with Crippen LogP contribution in [0.5, 0.6) is 5.75 Å². The van der Waals surface area contributed by atoms with Crippen LogP contribution in [0.4, 0.5) is 15.0 Å². The molecule has 3 N–H and O–H groups in total. The molecule has 5 rings (SSSR count). The number of methoxy groups -OCH3 is 1. The fourth-order valence-corrected chi connectivity index (χ4v) is 5.04. The van der Waals surface area contributed by atoms with Crippen LogP contribution in [0.15, 0.2) is 48.8 Å². The second-order valence-electron chi connectivity index (χ2n) is 11.2. The number of carbonyl (C=O) groups excluding carboxylic acids is 2. The summed E-state index contributed by atoms with van der Waals surface area (Å²) in [5, 5.41) is 8.28. The molecule has 1 saturated heterocycles. The first-order valence-electron chi connectivity index (χ1n) is 13.7. The highest BCUT2D eigenvalue weighted by Crippen LogP contribution is 2.34. The van der Waals surface area contributed by atoms with Gasteiger partial charge in [-0.3, -0.25) is 4.79 Å². The molecule has 2 amide bonds. The SMILES string of the molecule is COc1cccc(F)c1C(=O)NCc1ccc(-c2nn([C@@H]3CCCN(C(=O)OC(C)(C)C)C3)c3ncnc(N)c23)cc1. The molecule has 42 heavy (non-hydrogen) atoms. The van der Waals surface area contributed by atoms with E-state index in [-0.39, 0.29) is 30.0 Å². The molecule has 0 unspecified atom stereocenters. The maximum Gasteiger partial charge on any atom is 0.410 e. The summed E-state index contributed by atoms with van der Waals surface area (Å²) < 4.78 is 26.8. The average Bonchev–Trinajstić information content (AvgIpc) is 3.36. The van der Waals surface area contributed by atoms with Crippen molar-refractivity contribution in [2.24, 2.45) is 0 Å². The first-order valence-corrected chi connectivity index (χ1v) is 13.7. The number of piperidine rings is 1. The Morgan fingerprint density at radius 3 is 2.62 bits per heavy atom. The van der Waals surface area contributed by atoms with Crippen LogP contribution >= 0.6 is 0 Å². The number of hydrogen-bond donors (Lipinski definition) is 2. The van der Waals surface area contributed by atoms with Gasteiger partial charge < -0.3 is 25.4 Å². The van der Waals surface area contributed by atoms with Gasteiger partial charge in [0.1, 0.15) is 40.6 Å². The number of nitrogens with two attached hydrogens (primary N) is 1. The number of anilines is 1. The predicted molar refractivity (Wildman–Crippen MR) is 155 cm³/mol. The van der Waals surface area contributed by atoms with Crippen molar-refractivity contribution in [2.75, 3.05) is 25.9 Å². The van der Waals surface area contributed by atoms with E-state index < -0.39 is 17.3 Å². The Kier molecular flexibility index (Phi) is 7.97. The van der Waals surface area contributed by atoms with Crippen LogP contribution in [0.2, 0.25) is 0 Å². The monoisotopic (exact) mass is 575 g/mol. The number of nitrogen functional groups attached to an aromatic ring is 1. The van der Waals surface area contributed by atoms with Crippen LogP contribution in [0.25, 0.3) is 22.3 Å². The molecular weight excluding hydrogens is 541 g/mol. The molecule has 0 spiro atoms. The number of benzene rings is 2. The number of fused-ring (bicyclic) bond motifs is 1. The summed E-state index contributed by atoms with van der Waals surface area (Å²) in [7, 11) is 1.39. The third-order valence-corrected chi connectivity index (χ3v) is 7.02. The zero-order valence-electron chi connectivity index (χ0n) is 24.1. The molecule has 0 radical (unpaired) electrons. The summed E-state index contributed by atoms with van der Waals surface area (Å²) >= 11 is 0.